The molecule has 3 N–H and O–H groups in total. The molecule has 1 aromatic carbocycles. The van der Waals surface area contributed by atoms with Crippen molar-refractivity contribution in [3.63, 3.8) is 0 Å². The highest BCUT2D eigenvalue weighted by molar-refractivity contribution is 7.89. The third-order valence-corrected chi connectivity index (χ3v) is 3.60. The molecule has 94 valence electrons. The zero-order valence-corrected chi connectivity index (χ0v) is 10.2. The van der Waals surface area contributed by atoms with Gasteiger partial charge in [0.2, 0.25) is 10.0 Å². The van der Waals surface area contributed by atoms with Gasteiger partial charge in [0.25, 0.3) is 0 Å². The minimum atomic E-state index is -3.64. The summed E-state index contributed by atoms with van der Waals surface area (Å²) in [5, 5.41) is 8.33. The maximum absolute atomic E-state index is 11.2. The molecule has 1 heterocycles. The lowest BCUT2D eigenvalue weighted by molar-refractivity contribution is 0.0876. The van der Waals surface area contributed by atoms with Gasteiger partial charge in [0.15, 0.2) is 0 Å². The van der Waals surface area contributed by atoms with E-state index in [1.807, 2.05) is 6.07 Å². The van der Waals surface area contributed by atoms with Crippen LogP contribution in [0.1, 0.15) is 12.8 Å². The summed E-state index contributed by atoms with van der Waals surface area (Å²) in [4.78, 5) is 0.124. The topological polar surface area (TPSA) is 81.4 Å². The van der Waals surface area contributed by atoms with Gasteiger partial charge in [0.1, 0.15) is 0 Å². The van der Waals surface area contributed by atoms with E-state index in [0.29, 0.717) is 6.61 Å². The van der Waals surface area contributed by atoms with Crippen LogP contribution in [0.25, 0.3) is 0 Å². The van der Waals surface area contributed by atoms with Crippen molar-refractivity contribution >= 4 is 15.7 Å². The van der Waals surface area contributed by atoms with Crippen LogP contribution >= 0.6 is 0 Å². The number of hydrogen-bond donors (Lipinski definition) is 2. The van der Waals surface area contributed by atoms with E-state index in [0.717, 1.165) is 25.1 Å². The third-order valence-electron chi connectivity index (χ3n) is 2.69. The van der Waals surface area contributed by atoms with Gasteiger partial charge in [0, 0.05) is 18.3 Å². The van der Waals surface area contributed by atoms with Gasteiger partial charge in [-0.1, -0.05) is 6.07 Å². The zero-order chi connectivity index (χ0) is 12.3. The van der Waals surface area contributed by atoms with Crippen molar-refractivity contribution in [3.8, 4) is 0 Å². The van der Waals surface area contributed by atoms with Gasteiger partial charge in [-0.25, -0.2) is 13.6 Å². The normalized spacial score (nSPS) is 21.1. The Morgan fingerprint density at radius 2 is 2.24 bits per heavy atom. The zero-order valence-electron chi connectivity index (χ0n) is 9.43. The SMILES string of the molecule is NS(=O)(=O)c1cccc(NC2CCCOC2)c1. The first-order chi connectivity index (χ1) is 8.05. The lowest BCUT2D eigenvalue weighted by atomic mass is 10.1. The maximum Gasteiger partial charge on any atom is 0.238 e. The number of rotatable bonds is 3. The average molecular weight is 256 g/mol. The molecule has 0 aromatic heterocycles. The molecule has 1 fully saturated rings. The van der Waals surface area contributed by atoms with E-state index in [4.69, 9.17) is 9.88 Å². The highest BCUT2D eigenvalue weighted by Gasteiger charge is 2.14. The second kappa shape index (κ2) is 5.03. The lowest BCUT2D eigenvalue weighted by Crippen LogP contribution is -2.30. The van der Waals surface area contributed by atoms with E-state index in [1.54, 1.807) is 12.1 Å². The molecule has 1 unspecified atom stereocenters. The van der Waals surface area contributed by atoms with Crippen molar-refractivity contribution in [1.29, 1.82) is 0 Å². The van der Waals surface area contributed by atoms with Crippen molar-refractivity contribution in [3.05, 3.63) is 24.3 Å². The number of nitrogens with one attached hydrogen (secondary N) is 1. The highest BCUT2D eigenvalue weighted by atomic mass is 32.2. The average Bonchev–Trinajstić information content (AvgIpc) is 2.29. The summed E-state index contributed by atoms with van der Waals surface area (Å²) in [6, 6.07) is 6.76. The molecule has 1 aromatic rings. The summed E-state index contributed by atoms with van der Waals surface area (Å²) in [5.74, 6) is 0. The number of hydrogen-bond acceptors (Lipinski definition) is 4. The number of primary sulfonamides is 1. The second-order valence-corrected chi connectivity index (χ2v) is 5.69. The Kier molecular flexibility index (Phi) is 3.66. The van der Waals surface area contributed by atoms with Gasteiger partial charge in [-0.05, 0) is 31.0 Å². The minimum absolute atomic E-state index is 0.124. The number of nitrogens with two attached hydrogens (primary N) is 1. The summed E-state index contributed by atoms with van der Waals surface area (Å²) in [6.07, 6.45) is 2.05. The molecule has 1 saturated heterocycles. The fourth-order valence-corrected chi connectivity index (χ4v) is 2.41. The van der Waals surface area contributed by atoms with Gasteiger partial charge in [-0.3, -0.25) is 0 Å². The Labute approximate surface area is 101 Å². The van der Waals surface area contributed by atoms with Gasteiger partial charge < -0.3 is 10.1 Å². The van der Waals surface area contributed by atoms with Crippen LogP contribution in [-0.2, 0) is 14.8 Å². The molecular weight excluding hydrogens is 240 g/mol. The monoisotopic (exact) mass is 256 g/mol. The summed E-state index contributed by atoms with van der Waals surface area (Å²) in [6.45, 7) is 1.45. The molecule has 1 aliphatic rings. The largest absolute Gasteiger partial charge is 0.380 e. The molecule has 0 radical (unpaired) electrons. The summed E-state index contributed by atoms with van der Waals surface area (Å²) >= 11 is 0. The summed E-state index contributed by atoms with van der Waals surface area (Å²) < 4.78 is 27.8. The van der Waals surface area contributed by atoms with E-state index in [9.17, 15) is 8.42 Å². The Morgan fingerprint density at radius 3 is 2.88 bits per heavy atom. The van der Waals surface area contributed by atoms with Crippen LogP contribution in [0, 0.1) is 0 Å². The number of benzene rings is 1. The molecule has 6 heteroatoms. The predicted molar refractivity (Wildman–Crippen MR) is 65.3 cm³/mol. The van der Waals surface area contributed by atoms with E-state index >= 15 is 0 Å². The van der Waals surface area contributed by atoms with Crippen LogP contribution in [0.2, 0.25) is 0 Å². The van der Waals surface area contributed by atoms with Crippen LogP contribution in [0.4, 0.5) is 5.69 Å². The summed E-state index contributed by atoms with van der Waals surface area (Å²) in [5.41, 5.74) is 0.757. The van der Waals surface area contributed by atoms with Crippen LogP contribution in [0.15, 0.2) is 29.2 Å². The van der Waals surface area contributed by atoms with Gasteiger partial charge >= 0.3 is 0 Å². The first-order valence-corrected chi connectivity index (χ1v) is 7.07. The summed E-state index contributed by atoms with van der Waals surface area (Å²) in [7, 11) is -3.64. The number of anilines is 1. The molecule has 0 bridgehead atoms. The third kappa shape index (κ3) is 3.42. The lowest BCUT2D eigenvalue weighted by Gasteiger charge is -2.24. The molecule has 0 aliphatic carbocycles. The fourth-order valence-electron chi connectivity index (χ4n) is 1.85. The Morgan fingerprint density at radius 1 is 1.41 bits per heavy atom. The smallest absolute Gasteiger partial charge is 0.238 e. The first kappa shape index (κ1) is 12.3. The van der Waals surface area contributed by atoms with Crippen LogP contribution < -0.4 is 10.5 Å². The Balaban J connectivity index is 2.11. The van der Waals surface area contributed by atoms with E-state index in [2.05, 4.69) is 5.32 Å². The minimum Gasteiger partial charge on any atom is -0.380 e. The first-order valence-electron chi connectivity index (χ1n) is 5.53. The predicted octanol–water partition coefficient (Wildman–Crippen LogP) is 0.925. The molecule has 0 amide bonds. The second-order valence-electron chi connectivity index (χ2n) is 4.13. The molecular formula is C11H16N2O3S. The van der Waals surface area contributed by atoms with Crippen molar-refractivity contribution < 1.29 is 13.2 Å². The highest BCUT2D eigenvalue weighted by Crippen LogP contribution is 2.17. The van der Waals surface area contributed by atoms with Gasteiger partial charge in [0.05, 0.1) is 11.5 Å². The van der Waals surface area contributed by atoms with Crippen molar-refractivity contribution in [1.82, 2.24) is 0 Å². The molecule has 5 nitrogen and oxygen atoms in total. The quantitative estimate of drug-likeness (QED) is 0.842. The molecule has 2 rings (SSSR count). The van der Waals surface area contributed by atoms with Crippen molar-refractivity contribution in [2.45, 2.75) is 23.8 Å². The maximum atomic E-state index is 11.2. The molecule has 1 aliphatic heterocycles. The van der Waals surface area contributed by atoms with E-state index < -0.39 is 10.0 Å². The van der Waals surface area contributed by atoms with Gasteiger partial charge in [-0.15, -0.1) is 0 Å². The van der Waals surface area contributed by atoms with Crippen molar-refractivity contribution in [2.24, 2.45) is 5.14 Å². The number of ether oxygens (including phenoxy) is 1. The molecule has 1 atom stereocenters. The van der Waals surface area contributed by atoms with Crippen molar-refractivity contribution in [2.75, 3.05) is 18.5 Å². The molecule has 0 spiro atoms. The molecule has 0 saturated carbocycles. The fraction of sp³-hybridized carbons (Fsp3) is 0.455. The van der Waals surface area contributed by atoms with Gasteiger partial charge in [-0.2, -0.15) is 0 Å². The number of sulfonamides is 1. The Hall–Kier alpha value is -1.11. The van der Waals surface area contributed by atoms with Crippen LogP contribution in [-0.4, -0.2) is 27.7 Å². The van der Waals surface area contributed by atoms with E-state index in [1.165, 1.54) is 6.07 Å². The Bertz CT molecular complexity index is 481. The van der Waals surface area contributed by atoms with Crippen LogP contribution in [0.3, 0.4) is 0 Å². The standard InChI is InChI=1S/C11H16N2O3S/c12-17(14,15)11-5-1-3-9(7-11)13-10-4-2-6-16-8-10/h1,3,5,7,10,13H,2,4,6,8H2,(H2,12,14,15). The van der Waals surface area contributed by atoms with E-state index in [-0.39, 0.29) is 10.9 Å². The van der Waals surface area contributed by atoms with Crippen LogP contribution in [0.5, 0.6) is 0 Å². The molecule has 17 heavy (non-hydrogen) atoms.